The number of amides is 1. The Morgan fingerprint density at radius 3 is 2.64 bits per heavy atom. The van der Waals surface area contributed by atoms with E-state index in [9.17, 15) is 18.0 Å². The molecular weight excluding hydrogens is 437 g/mol. The van der Waals surface area contributed by atoms with Crippen molar-refractivity contribution < 1.29 is 22.7 Å². The highest BCUT2D eigenvalue weighted by atomic mass is 19.4. The van der Waals surface area contributed by atoms with Crippen molar-refractivity contribution >= 4 is 34.1 Å². The molecule has 2 N–H and O–H groups in total. The summed E-state index contributed by atoms with van der Waals surface area (Å²) in [7, 11) is 2.91. The van der Waals surface area contributed by atoms with Crippen molar-refractivity contribution in [3.63, 3.8) is 0 Å². The zero-order chi connectivity index (χ0) is 23.8. The van der Waals surface area contributed by atoms with Crippen LogP contribution in [0.25, 0.3) is 11.0 Å². The van der Waals surface area contributed by atoms with Gasteiger partial charge in [0, 0.05) is 24.0 Å². The highest BCUT2D eigenvalue weighted by Crippen LogP contribution is 2.37. The van der Waals surface area contributed by atoms with Crippen LogP contribution in [0.3, 0.4) is 0 Å². The van der Waals surface area contributed by atoms with Gasteiger partial charge in [0.05, 0.1) is 24.3 Å². The standard InChI is InChI=1S/C22H19F3N6O2/c1-12-4-6-14(9-17(12)30-19-15-10-28-31(2)20(15)27-11-26-19)29-21(32)13-5-7-18(33-3)16(8-13)22(23,24)25/h4-11H,1-3H3,(H,29,32)(H,26,27,30). The molecule has 0 saturated carbocycles. The van der Waals surface area contributed by atoms with Crippen molar-refractivity contribution in [2.75, 3.05) is 17.7 Å². The third-order valence-corrected chi connectivity index (χ3v) is 5.05. The minimum Gasteiger partial charge on any atom is -0.496 e. The number of halogens is 3. The van der Waals surface area contributed by atoms with E-state index in [-0.39, 0.29) is 11.3 Å². The van der Waals surface area contributed by atoms with Crippen LogP contribution in [0.15, 0.2) is 48.9 Å². The monoisotopic (exact) mass is 456 g/mol. The Labute approximate surface area is 186 Å². The van der Waals surface area contributed by atoms with Crippen molar-refractivity contribution in [2.24, 2.45) is 7.05 Å². The molecule has 4 rings (SSSR count). The number of benzene rings is 2. The average molecular weight is 456 g/mol. The summed E-state index contributed by atoms with van der Waals surface area (Å²) < 4.78 is 46.2. The third kappa shape index (κ3) is 4.43. The zero-order valence-corrected chi connectivity index (χ0v) is 17.9. The minimum absolute atomic E-state index is 0.147. The molecule has 0 bridgehead atoms. The van der Waals surface area contributed by atoms with Crippen molar-refractivity contribution in [1.29, 1.82) is 0 Å². The molecular formula is C22H19F3N6O2. The third-order valence-electron chi connectivity index (χ3n) is 5.05. The summed E-state index contributed by atoms with van der Waals surface area (Å²) in [5.41, 5.74) is 1.40. The number of fused-ring (bicyclic) bond motifs is 1. The minimum atomic E-state index is -4.66. The number of anilines is 3. The molecule has 2 aromatic heterocycles. The second kappa shape index (κ2) is 8.41. The molecule has 2 heterocycles. The predicted octanol–water partition coefficient (Wildman–Crippen LogP) is 4.70. The van der Waals surface area contributed by atoms with Crippen LogP contribution >= 0.6 is 0 Å². The quantitative estimate of drug-likeness (QED) is 0.452. The Kier molecular flexibility index (Phi) is 5.62. The lowest BCUT2D eigenvalue weighted by molar-refractivity contribution is -0.138. The Hall–Kier alpha value is -4.15. The van der Waals surface area contributed by atoms with Gasteiger partial charge >= 0.3 is 6.18 Å². The normalized spacial score (nSPS) is 11.5. The lowest BCUT2D eigenvalue weighted by atomic mass is 10.1. The molecule has 0 atom stereocenters. The molecule has 0 radical (unpaired) electrons. The number of rotatable bonds is 5. The maximum Gasteiger partial charge on any atom is 0.419 e. The van der Waals surface area contributed by atoms with Gasteiger partial charge in [-0.15, -0.1) is 0 Å². The number of methoxy groups -OCH3 is 1. The van der Waals surface area contributed by atoms with E-state index in [1.807, 2.05) is 6.92 Å². The number of nitrogens with one attached hydrogen (secondary N) is 2. The molecule has 0 aliphatic heterocycles. The van der Waals surface area contributed by atoms with E-state index in [1.54, 1.807) is 36.1 Å². The van der Waals surface area contributed by atoms with E-state index in [0.717, 1.165) is 24.8 Å². The average Bonchev–Trinajstić information content (AvgIpc) is 3.16. The molecule has 0 fully saturated rings. The van der Waals surface area contributed by atoms with Gasteiger partial charge in [-0.05, 0) is 42.8 Å². The van der Waals surface area contributed by atoms with Gasteiger partial charge in [-0.3, -0.25) is 9.48 Å². The molecule has 0 aliphatic carbocycles. The van der Waals surface area contributed by atoms with E-state index in [1.165, 1.54) is 12.4 Å². The molecule has 11 heteroatoms. The van der Waals surface area contributed by atoms with Crippen LogP contribution in [0.2, 0.25) is 0 Å². The predicted molar refractivity (Wildman–Crippen MR) is 117 cm³/mol. The number of nitrogens with zero attached hydrogens (tertiary/aromatic N) is 4. The van der Waals surface area contributed by atoms with E-state index in [2.05, 4.69) is 25.7 Å². The molecule has 2 aromatic carbocycles. The summed E-state index contributed by atoms with van der Waals surface area (Å²) >= 11 is 0. The molecule has 0 unspecified atom stereocenters. The fraction of sp³-hybridized carbons (Fsp3) is 0.182. The van der Waals surface area contributed by atoms with Crippen LogP contribution in [0.1, 0.15) is 21.5 Å². The van der Waals surface area contributed by atoms with Crippen molar-refractivity contribution in [3.05, 3.63) is 65.6 Å². The van der Waals surface area contributed by atoms with Crippen LogP contribution in [-0.4, -0.2) is 32.8 Å². The molecule has 8 nitrogen and oxygen atoms in total. The van der Waals surface area contributed by atoms with Gasteiger partial charge in [0.1, 0.15) is 17.9 Å². The van der Waals surface area contributed by atoms with Crippen LogP contribution < -0.4 is 15.4 Å². The van der Waals surface area contributed by atoms with Crippen LogP contribution in [0.4, 0.5) is 30.4 Å². The fourth-order valence-corrected chi connectivity index (χ4v) is 3.30. The molecule has 170 valence electrons. The van der Waals surface area contributed by atoms with Crippen LogP contribution in [0.5, 0.6) is 5.75 Å². The first kappa shape index (κ1) is 22.1. The van der Waals surface area contributed by atoms with Crippen molar-refractivity contribution in [2.45, 2.75) is 13.1 Å². The summed E-state index contributed by atoms with van der Waals surface area (Å²) in [6, 6.07) is 8.26. The first-order valence-corrected chi connectivity index (χ1v) is 9.74. The molecule has 4 aromatic rings. The largest absolute Gasteiger partial charge is 0.496 e. The fourth-order valence-electron chi connectivity index (χ4n) is 3.30. The molecule has 0 saturated heterocycles. The van der Waals surface area contributed by atoms with Gasteiger partial charge in [0.15, 0.2) is 5.65 Å². The number of aryl methyl sites for hydroxylation is 2. The van der Waals surface area contributed by atoms with E-state index in [4.69, 9.17) is 4.74 Å². The van der Waals surface area contributed by atoms with E-state index < -0.39 is 17.6 Å². The number of aromatic nitrogens is 4. The van der Waals surface area contributed by atoms with Crippen molar-refractivity contribution in [3.8, 4) is 5.75 Å². The highest BCUT2D eigenvalue weighted by molar-refractivity contribution is 6.05. The summed E-state index contributed by atoms with van der Waals surface area (Å²) in [5, 5.41) is 10.7. The summed E-state index contributed by atoms with van der Waals surface area (Å²) in [4.78, 5) is 21.1. The van der Waals surface area contributed by atoms with Gasteiger partial charge in [0.25, 0.3) is 5.91 Å². The van der Waals surface area contributed by atoms with Gasteiger partial charge < -0.3 is 15.4 Å². The maximum atomic E-state index is 13.3. The Morgan fingerprint density at radius 1 is 1.12 bits per heavy atom. The van der Waals surface area contributed by atoms with Gasteiger partial charge in [-0.1, -0.05) is 6.07 Å². The first-order valence-electron chi connectivity index (χ1n) is 9.74. The van der Waals surface area contributed by atoms with Gasteiger partial charge in [0.2, 0.25) is 0 Å². The number of alkyl halides is 3. The lowest BCUT2D eigenvalue weighted by Crippen LogP contribution is -2.15. The lowest BCUT2D eigenvalue weighted by Gasteiger charge is -2.14. The Bertz CT molecular complexity index is 1350. The first-order chi connectivity index (χ1) is 15.7. The number of carbonyl (C=O) groups is 1. The van der Waals surface area contributed by atoms with Crippen molar-refractivity contribution in [1.82, 2.24) is 19.7 Å². The van der Waals surface area contributed by atoms with Gasteiger partial charge in [-0.2, -0.15) is 18.3 Å². The second-order valence-corrected chi connectivity index (χ2v) is 7.25. The summed E-state index contributed by atoms with van der Waals surface area (Å²) in [5.74, 6) is -0.508. The molecule has 33 heavy (non-hydrogen) atoms. The summed E-state index contributed by atoms with van der Waals surface area (Å²) in [6.45, 7) is 1.87. The van der Waals surface area contributed by atoms with E-state index in [0.29, 0.717) is 28.2 Å². The van der Waals surface area contributed by atoms with Gasteiger partial charge in [-0.25, -0.2) is 9.97 Å². The zero-order valence-electron chi connectivity index (χ0n) is 17.9. The van der Waals surface area contributed by atoms with Crippen LogP contribution in [-0.2, 0) is 13.2 Å². The number of hydrogen-bond donors (Lipinski definition) is 2. The van der Waals surface area contributed by atoms with Crippen LogP contribution in [0, 0.1) is 6.92 Å². The topological polar surface area (TPSA) is 94.0 Å². The Balaban J connectivity index is 1.60. The molecule has 1 amide bonds. The smallest absolute Gasteiger partial charge is 0.419 e. The maximum absolute atomic E-state index is 13.3. The number of ether oxygens (including phenoxy) is 1. The SMILES string of the molecule is COc1ccc(C(=O)Nc2ccc(C)c(Nc3ncnc4c3cnn4C)c2)cc1C(F)(F)F. The number of hydrogen-bond acceptors (Lipinski definition) is 6. The Morgan fingerprint density at radius 2 is 1.91 bits per heavy atom. The second-order valence-electron chi connectivity index (χ2n) is 7.25. The summed E-state index contributed by atoms with van der Waals surface area (Å²) in [6.07, 6.45) is -1.60. The molecule has 0 aliphatic rings. The highest BCUT2D eigenvalue weighted by Gasteiger charge is 2.35. The molecule has 0 spiro atoms. The number of carbonyl (C=O) groups excluding carboxylic acids is 1. The van der Waals surface area contributed by atoms with E-state index >= 15 is 0 Å².